The zero-order valence-electron chi connectivity index (χ0n) is 17.5. The molecule has 4 rings (SSSR count). The second-order valence-corrected chi connectivity index (χ2v) is 7.09. The van der Waals surface area contributed by atoms with E-state index in [9.17, 15) is 22.8 Å². The van der Waals surface area contributed by atoms with Gasteiger partial charge in [0.05, 0.1) is 12.2 Å². The fourth-order valence-electron chi connectivity index (χ4n) is 3.51. The number of carbonyl (C=O) groups is 1. The second-order valence-electron chi connectivity index (χ2n) is 7.09. The molecule has 1 N–H and O–H groups in total. The molecule has 0 unspecified atom stereocenters. The number of hydrogen-bond donors (Lipinski definition) is 1. The van der Waals surface area contributed by atoms with Gasteiger partial charge in [-0.05, 0) is 19.1 Å². The Bertz CT molecular complexity index is 1300. The van der Waals surface area contributed by atoms with E-state index >= 15 is 0 Å². The molecule has 12 heteroatoms. The zero-order valence-corrected chi connectivity index (χ0v) is 17.5. The van der Waals surface area contributed by atoms with Gasteiger partial charge in [-0.3, -0.25) is 4.57 Å². The van der Waals surface area contributed by atoms with E-state index in [0.29, 0.717) is 37.4 Å². The van der Waals surface area contributed by atoms with Gasteiger partial charge in [0.15, 0.2) is 11.5 Å². The van der Waals surface area contributed by atoms with Crippen molar-refractivity contribution in [3.05, 3.63) is 40.8 Å². The van der Waals surface area contributed by atoms with Crippen LogP contribution >= 0.6 is 0 Å². The van der Waals surface area contributed by atoms with Crippen LogP contribution in [-0.2, 0) is 11.3 Å². The second kappa shape index (κ2) is 8.95. The number of nitrogens with zero attached hydrogens (tertiary/aromatic N) is 5. The predicted molar refractivity (Wildman–Crippen MR) is 113 cm³/mol. The number of rotatable bonds is 4. The molecule has 33 heavy (non-hydrogen) atoms. The molecule has 0 radical (unpaired) electrons. The topological polar surface area (TPSA) is 94.3 Å². The fourth-order valence-corrected chi connectivity index (χ4v) is 3.51. The first-order valence-corrected chi connectivity index (χ1v) is 10.0. The van der Waals surface area contributed by atoms with Crippen LogP contribution in [-0.4, -0.2) is 57.4 Å². The smallest absolute Gasteiger partial charge is 0.384 e. The van der Waals surface area contributed by atoms with E-state index in [4.69, 9.17) is 0 Å². The molecule has 0 bridgehead atoms. The lowest BCUT2D eigenvalue weighted by molar-refractivity contribution is -0.190. The van der Waals surface area contributed by atoms with E-state index < -0.39 is 23.8 Å². The van der Waals surface area contributed by atoms with Crippen LogP contribution in [0.2, 0.25) is 0 Å². The normalized spacial score (nSPS) is 14.1. The SMILES string of the molecule is CC#CCn1c(=O)n(-c2ccccc2)c2nc(OC(=O)C(F)(F)F)nc(N3CCNCC3)c21. The number of hydrogen-bond acceptors (Lipinski definition) is 7. The monoisotopic (exact) mass is 460 g/mol. The summed E-state index contributed by atoms with van der Waals surface area (Å²) >= 11 is 0. The van der Waals surface area contributed by atoms with Crippen LogP contribution in [0.1, 0.15) is 6.92 Å². The number of piperazine rings is 1. The average Bonchev–Trinajstić information content (AvgIpc) is 3.08. The maximum absolute atomic E-state index is 13.4. The minimum Gasteiger partial charge on any atom is -0.384 e. The van der Waals surface area contributed by atoms with Crippen molar-refractivity contribution in [2.45, 2.75) is 19.6 Å². The Kier molecular flexibility index (Phi) is 6.06. The van der Waals surface area contributed by atoms with Gasteiger partial charge in [-0.1, -0.05) is 24.1 Å². The number of aromatic nitrogens is 4. The van der Waals surface area contributed by atoms with Crippen molar-refractivity contribution < 1.29 is 22.7 Å². The first-order chi connectivity index (χ1) is 15.8. The number of imidazole rings is 1. The third-order valence-corrected chi connectivity index (χ3v) is 4.99. The summed E-state index contributed by atoms with van der Waals surface area (Å²) < 4.78 is 45.6. The molecule has 9 nitrogen and oxygen atoms in total. The number of carbonyl (C=O) groups excluding carboxylic acids is 1. The highest BCUT2D eigenvalue weighted by atomic mass is 19.4. The van der Waals surface area contributed by atoms with Crippen LogP contribution in [0.4, 0.5) is 19.0 Å². The van der Waals surface area contributed by atoms with Crippen molar-refractivity contribution >= 4 is 23.0 Å². The summed E-state index contributed by atoms with van der Waals surface area (Å²) in [5, 5.41) is 3.18. The lowest BCUT2D eigenvalue weighted by Gasteiger charge is -2.29. The van der Waals surface area contributed by atoms with Gasteiger partial charge in [0.2, 0.25) is 0 Å². The molecule has 0 amide bonds. The molecular formula is C21H19F3N6O3. The average molecular weight is 460 g/mol. The number of anilines is 1. The van der Waals surface area contributed by atoms with Gasteiger partial charge in [-0.2, -0.15) is 23.1 Å². The van der Waals surface area contributed by atoms with Gasteiger partial charge in [-0.25, -0.2) is 14.2 Å². The molecule has 0 atom stereocenters. The predicted octanol–water partition coefficient (Wildman–Crippen LogP) is 1.48. The first-order valence-electron chi connectivity index (χ1n) is 10.0. The summed E-state index contributed by atoms with van der Waals surface area (Å²) in [6.07, 6.45) is -5.23. The van der Waals surface area contributed by atoms with Crippen molar-refractivity contribution in [3.63, 3.8) is 0 Å². The van der Waals surface area contributed by atoms with Crippen molar-refractivity contribution in [1.29, 1.82) is 0 Å². The highest BCUT2D eigenvalue weighted by molar-refractivity contribution is 5.87. The Hall–Kier alpha value is -3.85. The Labute approximate surface area is 185 Å². The number of ether oxygens (including phenoxy) is 1. The largest absolute Gasteiger partial charge is 0.491 e. The number of alkyl halides is 3. The Balaban J connectivity index is 2.01. The number of benzene rings is 1. The van der Waals surface area contributed by atoms with Crippen LogP contribution in [0.25, 0.3) is 16.9 Å². The highest BCUT2D eigenvalue weighted by Crippen LogP contribution is 2.29. The number of halogens is 3. The van der Waals surface area contributed by atoms with Gasteiger partial charge in [-0.15, -0.1) is 5.92 Å². The molecule has 172 valence electrons. The third-order valence-electron chi connectivity index (χ3n) is 4.99. The molecule has 2 aromatic heterocycles. The van der Waals surface area contributed by atoms with E-state index in [1.165, 1.54) is 9.13 Å². The van der Waals surface area contributed by atoms with Gasteiger partial charge in [0.1, 0.15) is 5.52 Å². The van der Waals surface area contributed by atoms with E-state index in [0.717, 1.165) is 0 Å². The van der Waals surface area contributed by atoms with Crippen molar-refractivity contribution in [3.8, 4) is 23.5 Å². The molecule has 1 fully saturated rings. The quantitative estimate of drug-likeness (QED) is 0.466. The molecule has 3 aromatic rings. The van der Waals surface area contributed by atoms with Gasteiger partial charge >= 0.3 is 23.8 Å². The summed E-state index contributed by atoms with van der Waals surface area (Å²) in [6, 6.07) is 7.70. The van der Waals surface area contributed by atoms with E-state index in [1.54, 1.807) is 42.2 Å². The number of nitrogens with one attached hydrogen (secondary N) is 1. The number of para-hydroxylation sites is 1. The minimum atomic E-state index is -5.23. The summed E-state index contributed by atoms with van der Waals surface area (Å²) in [5.74, 6) is 3.32. The Morgan fingerprint density at radius 1 is 1.18 bits per heavy atom. The van der Waals surface area contributed by atoms with Crippen LogP contribution in [0, 0.1) is 11.8 Å². The third kappa shape index (κ3) is 4.40. The maximum atomic E-state index is 13.4. The molecule has 1 aliphatic rings. The standard InChI is InChI=1S/C21H19F3N6O3/c1-2-3-11-29-15-16(28-12-9-25-10-13-28)26-19(33-18(31)21(22,23)24)27-17(15)30(20(29)32)14-7-5-4-6-8-14/h4-8,25H,9-13H2,1H3. The first kappa shape index (κ1) is 22.3. The molecule has 0 saturated carbocycles. The van der Waals surface area contributed by atoms with E-state index in [-0.39, 0.29) is 18.0 Å². The van der Waals surface area contributed by atoms with E-state index in [1.807, 2.05) is 0 Å². The minimum absolute atomic E-state index is 0.0117. The summed E-state index contributed by atoms with van der Waals surface area (Å²) in [4.78, 5) is 34.8. The maximum Gasteiger partial charge on any atom is 0.491 e. The van der Waals surface area contributed by atoms with Gasteiger partial charge in [0, 0.05) is 26.2 Å². The summed E-state index contributed by atoms with van der Waals surface area (Å²) in [6.45, 7) is 3.80. The molecule has 1 aromatic carbocycles. The fraction of sp³-hybridized carbons (Fsp3) is 0.333. The highest BCUT2D eigenvalue weighted by Gasteiger charge is 2.42. The molecule has 1 aliphatic heterocycles. The Morgan fingerprint density at radius 2 is 1.88 bits per heavy atom. The molecule has 3 heterocycles. The molecule has 0 spiro atoms. The van der Waals surface area contributed by atoms with Gasteiger partial charge in [0.25, 0.3) is 0 Å². The molecule has 0 aliphatic carbocycles. The van der Waals surface area contributed by atoms with Crippen molar-refractivity contribution in [1.82, 2.24) is 24.4 Å². The van der Waals surface area contributed by atoms with E-state index in [2.05, 4.69) is 31.9 Å². The molecular weight excluding hydrogens is 441 g/mol. The van der Waals surface area contributed by atoms with Crippen LogP contribution in [0.3, 0.4) is 0 Å². The number of fused-ring (bicyclic) bond motifs is 1. The zero-order chi connectivity index (χ0) is 23.6. The Morgan fingerprint density at radius 3 is 2.52 bits per heavy atom. The van der Waals surface area contributed by atoms with Crippen molar-refractivity contribution in [2.75, 3.05) is 31.1 Å². The van der Waals surface area contributed by atoms with Gasteiger partial charge < -0.3 is 15.0 Å². The van der Waals surface area contributed by atoms with Crippen LogP contribution in [0.5, 0.6) is 6.01 Å². The lowest BCUT2D eigenvalue weighted by Crippen LogP contribution is -2.44. The lowest BCUT2D eigenvalue weighted by atomic mass is 10.3. The van der Waals surface area contributed by atoms with Crippen LogP contribution < -0.4 is 20.6 Å². The van der Waals surface area contributed by atoms with Crippen molar-refractivity contribution in [2.24, 2.45) is 0 Å². The summed E-state index contributed by atoms with van der Waals surface area (Å²) in [5.41, 5.74) is 0.246. The van der Waals surface area contributed by atoms with Crippen LogP contribution in [0.15, 0.2) is 35.1 Å². The summed E-state index contributed by atoms with van der Waals surface area (Å²) in [7, 11) is 0. The molecule has 1 saturated heterocycles. The number of esters is 1.